The summed E-state index contributed by atoms with van der Waals surface area (Å²) in [5.74, 6) is 0.0749. The van der Waals surface area contributed by atoms with Crippen LogP contribution in [-0.4, -0.2) is 31.3 Å². The van der Waals surface area contributed by atoms with E-state index in [-0.39, 0.29) is 17.1 Å². The average Bonchev–Trinajstić information content (AvgIpc) is 3.11. The van der Waals surface area contributed by atoms with Crippen molar-refractivity contribution in [2.24, 2.45) is 0 Å². The molecule has 1 N–H and O–H groups in total. The molecule has 2 aromatic carbocycles. The quantitative estimate of drug-likeness (QED) is 0.305. The van der Waals surface area contributed by atoms with Crippen LogP contribution in [0.2, 0.25) is 5.02 Å². The van der Waals surface area contributed by atoms with Gasteiger partial charge in [-0.25, -0.2) is 9.67 Å². The molecule has 0 amide bonds. The summed E-state index contributed by atoms with van der Waals surface area (Å²) in [6.45, 7) is 1.99. The number of nitrogens with one attached hydrogen (secondary N) is 1. The van der Waals surface area contributed by atoms with Gasteiger partial charge in [0.15, 0.2) is 16.6 Å². The number of hydrogen-bond acceptors (Lipinski definition) is 5. The third-order valence-electron chi connectivity index (χ3n) is 4.17. The maximum atomic E-state index is 12.4. The predicted molar refractivity (Wildman–Crippen MR) is 111 cm³/mol. The van der Waals surface area contributed by atoms with Crippen molar-refractivity contribution in [3.63, 3.8) is 0 Å². The lowest BCUT2D eigenvalue weighted by Gasteiger charge is -2.05. The van der Waals surface area contributed by atoms with Gasteiger partial charge in [-0.1, -0.05) is 35.5 Å². The van der Waals surface area contributed by atoms with Crippen LogP contribution in [0.25, 0.3) is 16.7 Å². The molecule has 8 heteroatoms. The Hall–Kier alpha value is -2.90. The SMILES string of the molecule is Cc1cccc(-n2ncc3c(=O)[nH]c(SCC(=O)c4ccc(Cl)cc4)nc32)c1. The number of ketones is 1. The van der Waals surface area contributed by atoms with Crippen LogP contribution in [0.3, 0.4) is 0 Å². The molecule has 0 aliphatic carbocycles. The molecule has 2 aromatic heterocycles. The second-order valence-corrected chi connectivity index (χ2v) is 7.62. The molecule has 0 unspecified atom stereocenters. The Morgan fingerprint density at radius 2 is 2.00 bits per heavy atom. The first-order valence-corrected chi connectivity index (χ1v) is 9.84. The zero-order valence-electron chi connectivity index (χ0n) is 14.8. The first-order chi connectivity index (χ1) is 13.5. The van der Waals surface area contributed by atoms with Gasteiger partial charge in [-0.2, -0.15) is 5.10 Å². The molecular formula is C20H15ClN4O2S. The molecule has 0 bridgehead atoms. The van der Waals surface area contributed by atoms with Crippen molar-refractivity contribution >= 4 is 40.2 Å². The van der Waals surface area contributed by atoms with Crippen LogP contribution >= 0.6 is 23.4 Å². The maximum absolute atomic E-state index is 12.4. The highest BCUT2D eigenvalue weighted by molar-refractivity contribution is 7.99. The molecular weight excluding hydrogens is 396 g/mol. The predicted octanol–water partition coefficient (Wildman–Crippen LogP) is 4.05. The molecule has 140 valence electrons. The largest absolute Gasteiger partial charge is 0.301 e. The maximum Gasteiger partial charge on any atom is 0.262 e. The number of halogens is 1. The normalized spacial score (nSPS) is 11.1. The minimum Gasteiger partial charge on any atom is -0.301 e. The van der Waals surface area contributed by atoms with Gasteiger partial charge in [0, 0.05) is 10.6 Å². The number of aromatic amines is 1. The van der Waals surface area contributed by atoms with Crippen LogP contribution < -0.4 is 5.56 Å². The molecule has 0 atom stereocenters. The van der Waals surface area contributed by atoms with E-state index >= 15 is 0 Å². The molecule has 0 spiro atoms. The highest BCUT2D eigenvalue weighted by atomic mass is 35.5. The summed E-state index contributed by atoms with van der Waals surface area (Å²) < 4.78 is 1.63. The summed E-state index contributed by atoms with van der Waals surface area (Å²) in [5, 5.41) is 5.65. The number of thioether (sulfide) groups is 1. The fraction of sp³-hybridized carbons (Fsp3) is 0.100. The van der Waals surface area contributed by atoms with E-state index in [0.717, 1.165) is 11.3 Å². The molecule has 4 aromatic rings. The summed E-state index contributed by atoms with van der Waals surface area (Å²) >= 11 is 7.03. The van der Waals surface area contributed by atoms with Gasteiger partial charge >= 0.3 is 0 Å². The van der Waals surface area contributed by atoms with E-state index in [1.165, 1.54) is 18.0 Å². The van der Waals surface area contributed by atoms with E-state index in [1.54, 1.807) is 28.9 Å². The van der Waals surface area contributed by atoms with Gasteiger partial charge in [0.1, 0.15) is 5.39 Å². The van der Waals surface area contributed by atoms with Gasteiger partial charge in [0.05, 0.1) is 17.6 Å². The fourth-order valence-corrected chi connectivity index (χ4v) is 3.64. The Balaban J connectivity index is 1.63. The Labute approximate surface area is 169 Å². The van der Waals surface area contributed by atoms with Crippen LogP contribution in [0.5, 0.6) is 0 Å². The topological polar surface area (TPSA) is 80.6 Å². The Kier molecular flexibility index (Phi) is 5.02. The molecule has 6 nitrogen and oxygen atoms in total. The molecule has 0 fully saturated rings. The summed E-state index contributed by atoms with van der Waals surface area (Å²) in [6, 6.07) is 14.5. The molecule has 0 aliphatic heterocycles. The molecule has 0 radical (unpaired) electrons. The van der Waals surface area contributed by atoms with E-state index in [0.29, 0.717) is 26.8 Å². The van der Waals surface area contributed by atoms with Gasteiger partial charge in [0.2, 0.25) is 0 Å². The van der Waals surface area contributed by atoms with E-state index < -0.39 is 0 Å². The van der Waals surface area contributed by atoms with Crippen molar-refractivity contribution in [3.05, 3.63) is 81.2 Å². The van der Waals surface area contributed by atoms with Gasteiger partial charge in [-0.05, 0) is 48.9 Å². The lowest BCUT2D eigenvalue weighted by molar-refractivity contribution is 0.102. The number of aryl methyl sites for hydroxylation is 1. The second-order valence-electron chi connectivity index (χ2n) is 6.22. The van der Waals surface area contributed by atoms with Crippen LogP contribution in [0.15, 0.2) is 64.7 Å². The molecule has 0 saturated heterocycles. The zero-order chi connectivity index (χ0) is 19.7. The molecule has 0 saturated carbocycles. The average molecular weight is 411 g/mol. The highest BCUT2D eigenvalue weighted by Crippen LogP contribution is 2.20. The monoisotopic (exact) mass is 410 g/mol. The van der Waals surface area contributed by atoms with E-state index in [4.69, 9.17) is 11.6 Å². The smallest absolute Gasteiger partial charge is 0.262 e. The lowest BCUT2D eigenvalue weighted by atomic mass is 10.1. The van der Waals surface area contributed by atoms with E-state index in [1.807, 2.05) is 31.2 Å². The van der Waals surface area contributed by atoms with Crippen LogP contribution in [0, 0.1) is 6.92 Å². The Bertz CT molecular complexity index is 1230. The third-order valence-corrected chi connectivity index (χ3v) is 5.29. The number of hydrogen-bond donors (Lipinski definition) is 1. The van der Waals surface area contributed by atoms with Crippen molar-refractivity contribution in [2.45, 2.75) is 12.1 Å². The fourth-order valence-electron chi connectivity index (χ4n) is 2.77. The summed E-state index contributed by atoms with van der Waals surface area (Å²) in [7, 11) is 0. The van der Waals surface area contributed by atoms with Crippen LogP contribution in [0.1, 0.15) is 15.9 Å². The summed E-state index contributed by atoms with van der Waals surface area (Å²) in [4.78, 5) is 32.0. The Morgan fingerprint density at radius 3 is 2.75 bits per heavy atom. The minimum absolute atomic E-state index is 0.0726. The van der Waals surface area contributed by atoms with Gasteiger partial charge < -0.3 is 4.98 Å². The van der Waals surface area contributed by atoms with Crippen molar-refractivity contribution < 1.29 is 4.79 Å². The van der Waals surface area contributed by atoms with Crippen molar-refractivity contribution in [1.82, 2.24) is 19.7 Å². The lowest BCUT2D eigenvalue weighted by Crippen LogP contribution is -2.11. The highest BCUT2D eigenvalue weighted by Gasteiger charge is 2.13. The number of fused-ring (bicyclic) bond motifs is 1. The Morgan fingerprint density at radius 1 is 1.21 bits per heavy atom. The van der Waals surface area contributed by atoms with E-state index in [9.17, 15) is 9.59 Å². The van der Waals surface area contributed by atoms with E-state index in [2.05, 4.69) is 15.1 Å². The number of carbonyl (C=O) groups is 1. The number of Topliss-reactive ketones (excluding diaryl/α,β-unsaturated/α-hetero) is 1. The van der Waals surface area contributed by atoms with Gasteiger partial charge in [0.25, 0.3) is 5.56 Å². The third kappa shape index (κ3) is 3.72. The van der Waals surface area contributed by atoms with Gasteiger partial charge in [-0.3, -0.25) is 9.59 Å². The number of nitrogens with zero attached hydrogens (tertiary/aromatic N) is 3. The standard InChI is InChI=1S/C20H15ClN4O2S/c1-12-3-2-4-15(9-12)25-18-16(10-22-25)19(27)24-20(23-18)28-11-17(26)13-5-7-14(21)8-6-13/h2-10H,11H2,1H3,(H,23,24,27). The number of aromatic nitrogens is 4. The molecule has 2 heterocycles. The van der Waals surface area contributed by atoms with Crippen molar-refractivity contribution in [1.29, 1.82) is 0 Å². The summed E-state index contributed by atoms with van der Waals surface area (Å²) in [6.07, 6.45) is 1.50. The number of rotatable bonds is 5. The summed E-state index contributed by atoms with van der Waals surface area (Å²) in [5.41, 5.74) is 2.63. The first-order valence-electron chi connectivity index (χ1n) is 8.48. The van der Waals surface area contributed by atoms with Crippen molar-refractivity contribution in [2.75, 3.05) is 5.75 Å². The van der Waals surface area contributed by atoms with Crippen molar-refractivity contribution in [3.8, 4) is 5.69 Å². The first kappa shape index (κ1) is 18.5. The number of carbonyl (C=O) groups excluding carboxylic acids is 1. The molecule has 0 aliphatic rings. The molecule has 4 rings (SSSR count). The van der Waals surface area contributed by atoms with Crippen LogP contribution in [-0.2, 0) is 0 Å². The molecule has 28 heavy (non-hydrogen) atoms. The van der Waals surface area contributed by atoms with Crippen LogP contribution in [0.4, 0.5) is 0 Å². The zero-order valence-corrected chi connectivity index (χ0v) is 16.4. The number of benzene rings is 2. The minimum atomic E-state index is -0.287. The number of H-pyrrole nitrogens is 1. The second kappa shape index (κ2) is 7.61. The van der Waals surface area contributed by atoms with Gasteiger partial charge in [-0.15, -0.1) is 0 Å².